The number of rotatable bonds is 2. The van der Waals surface area contributed by atoms with E-state index in [0.717, 1.165) is 6.92 Å². The summed E-state index contributed by atoms with van der Waals surface area (Å²) >= 11 is 0. The molecule has 0 amide bonds. The summed E-state index contributed by atoms with van der Waals surface area (Å²) in [5.41, 5.74) is -1.72. The molecule has 0 aliphatic heterocycles. The van der Waals surface area contributed by atoms with E-state index in [1.807, 2.05) is 0 Å². The average Bonchev–Trinajstić information content (AvgIpc) is 2.01. The summed E-state index contributed by atoms with van der Waals surface area (Å²) in [6.45, 7) is -4.24. The molecule has 0 spiro atoms. The normalized spacial score (nSPS) is 11.5. The lowest BCUT2D eigenvalue weighted by atomic mass is 9.81. The molecular weight excluding hydrogens is 201 g/mol. The zero-order chi connectivity index (χ0) is 10.9. The Kier molecular flexibility index (Phi) is 2.59. The van der Waals surface area contributed by atoms with Gasteiger partial charge in [0.15, 0.2) is 5.78 Å². The van der Waals surface area contributed by atoms with Gasteiger partial charge in [-0.2, -0.15) is 0 Å². The molecule has 0 N–H and O–H groups in total. The van der Waals surface area contributed by atoms with Crippen LogP contribution in [0.25, 0.3) is 0 Å². The van der Waals surface area contributed by atoms with Crippen LogP contribution in [0.3, 0.4) is 0 Å². The van der Waals surface area contributed by atoms with Crippen molar-refractivity contribution >= 4 is 18.2 Å². The van der Waals surface area contributed by atoms with Crippen LogP contribution in [-0.2, 0) is 0 Å². The molecule has 0 aromatic carbocycles. The van der Waals surface area contributed by atoms with Crippen molar-refractivity contribution in [1.82, 2.24) is 4.98 Å². The first kappa shape index (κ1) is 10.7. The van der Waals surface area contributed by atoms with E-state index in [1.165, 1.54) is 0 Å². The first-order valence-electron chi connectivity index (χ1n) is 3.68. The number of halogens is 4. The highest BCUT2D eigenvalue weighted by Gasteiger charge is 2.27. The van der Waals surface area contributed by atoms with Gasteiger partial charge in [0.25, 0.3) is 0 Å². The predicted octanol–water partition coefficient (Wildman–Crippen LogP) is 1.48. The molecule has 0 bridgehead atoms. The maximum Gasteiger partial charge on any atom is 0.511 e. The molecule has 1 aromatic heterocycles. The molecule has 0 aliphatic rings. The molecule has 0 atom stereocenters. The van der Waals surface area contributed by atoms with Gasteiger partial charge in [-0.05, 0) is 6.07 Å². The summed E-state index contributed by atoms with van der Waals surface area (Å²) in [6, 6.07) is 0.281. The highest BCUT2D eigenvalue weighted by Crippen LogP contribution is 2.10. The van der Waals surface area contributed by atoms with Gasteiger partial charge in [-0.3, -0.25) is 9.78 Å². The van der Waals surface area contributed by atoms with Crippen LogP contribution >= 0.6 is 0 Å². The fourth-order valence-electron chi connectivity index (χ4n) is 0.891. The number of ketones is 1. The van der Waals surface area contributed by atoms with E-state index in [2.05, 4.69) is 4.98 Å². The fraction of sp³-hybridized carbons (Fsp3) is 0.143. The van der Waals surface area contributed by atoms with Gasteiger partial charge in [-0.25, -0.2) is 4.39 Å². The van der Waals surface area contributed by atoms with Gasteiger partial charge in [-0.1, -0.05) is 5.46 Å². The molecule has 7 heteroatoms. The molecule has 0 unspecified atom stereocenters. The maximum absolute atomic E-state index is 12.9. The molecule has 76 valence electrons. The van der Waals surface area contributed by atoms with E-state index >= 15 is 0 Å². The number of pyridine rings is 1. The summed E-state index contributed by atoms with van der Waals surface area (Å²) in [4.78, 5) is 13.8. The van der Waals surface area contributed by atoms with Gasteiger partial charge in [0, 0.05) is 13.1 Å². The number of Topliss-reactive ketones (excluding diaryl/α,β-unsaturated/α-hetero) is 1. The topological polar surface area (TPSA) is 30.0 Å². The average molecular weight is 206 g/mol. The Hall–Kier alpha value is -1.40. The minimum atomic E-state index is -5.27. The van der Waals surface area contributed by atoms with Crippen molar-refractivity contribution in [2.75, 3.05) is 0 Å². The first-order valence-corrected chi connectivity index (χ1v) is 3.68. The third-order valence-corrected chi connectivity index (χ3v) is 1.57. The number of nitrogens with zero attached hydrogens (tertiary/aromatic N) is 1. The largest absolute Gasteiger partial charge is 0.511 e. The summed E-state index contributed by atoms with van der Waals surface area (Å²) in [7, 11) is 0. The number of hydrogen-bond acceptors (Lipinski definition) is 2. The second-order valence-corrected chi connectivity index (χ2v) is 2.73. The third-order valence-electron chi connectivity index (χ3n) is 1.57. The molecular formula is C7H5BF4NO-. The van der Waals surface area contributed by atoms with Crippen LogP contribution in [0, 0.1) is 5.82 Å². The van der Waals surface area contributed by atoms with E-state index in [-0.39, 0.29) is 6.07 Å². The van der Waals surface area contributed by atoms with Crippen LogP contribution < -0.4 is 5.46 Å². The second kappa shape index (κ2) is 3.40. The zero-order valence-electron chi connectivity index (χ0n) is 7.10. The van der Waals surface area contributed by atoms with E-state index < -0.39 is 29.7 Å². The highest BCUT2D eigenvalue weighted by molar-refractivity contribution is 6.73. The number of aromatic nitrogens is 1. The Labute approximate surface area is 77.0 Å². The molecule has 14 heavy (non-hydrogen) atoms. The number of carbonyl (C=O) groups excluding carboxylic acids is 1. The molecule has 0 fully saturated rings. The second-order valence-electron chi connectivity index (χ2n) is 2.73. The van der Waals surface area contributed by atoms with Gasteiger partial charge in [0.2, 0.25) is 0 Å². The molecule has 0 saturated carbocycles. The highest BCUT2D eigenvalue weighted by atomic mass is 19.4. The third kappa shape index (κ3) is 2.10. The molecule has 1 aromatic rings. The van der Waals surface area contributed by atoms with Crippen molar-refractivity contribution in [3.05, 3.63) is 23.8 Å². The summed E-state index contributed by atoms with van der Waals surface area (Å²) in [5, 5.41) is 0. The molecule has 0 saturated heterocycles. The van der Waals surface area contributed by atoms with Crippen LogP contribution in [0.15, 0.2) is 12.3 Å². The quantitative estimate of drug-likeness (QED) is 0.416. The molecule has 1 heterocycles. The Morgan fingerprint density at radius 3 is 2.36 bits per heavy atom. The lowest BCUT2D eigenvalue weighted by molar-refractivity contribution is 0.100. The summed E-state index contributed by atoms with van der Waals surface area (Å²) in [6.07, 6.45) is 0.458. The molecule has 0 aliphatic carbocycles. The van der Waals surface area contributed by atoms with Gasteiger partial charge >= 0.3 is 6.98 Å². The number of carbonyl (C=O) groups is 1. The first-order chi connectivity index (χ1) is 6.32. The summed E-state index contributed by atoms with van der Waals surface area (Å²) < 4.78 is 49.1. The van der Waals surface area contributed by atoms with Crippen molar-refractivity contribution in [2.24, 2.45) is 0 Å². The van der Waals surface area contributed by atoms with Gasteiger partial charge < -0.3 is 12.9 Å². The molecule has 1 rings (SSSR count). The van der Waals surface area contributed by atoms with Crippen molar-refractivity contribution in [3.63, 3.8) is 0 Å². The monoisotopic (exact) mass is 206 g/mol. The minimum absolute atomic E-state index is 0.281. The Morgan fingerprint density at radius 1 is 1.43 bits per heavy atom. The SMILES string of the molecule is CC(=O)c1ncc([B-](F)(F)F)cc1F. The van der Waals surface area contributed by atoms with Gasteiger partial charge in [0.1, 0.15) is 11.5 Å². The number of hydrogen-bond donors (Lipinski definition) is 0. The van der Waals surface area contributed by atoms with Crippen LogP contribution in [0.2, 0.25) is 0 Å². The van der Waals surface area contributed by atoms with Crippen LogP contribution in [0.5, 0.6) is 0 Å². The van der Waals surface area contributed by atoms with Crippen LogP contribution in [-0.4, -0.2) is 17.7 Å². The Morgan fingerprint density at radius 2 is 2.00 bits per heavy atom. The van der Waals surface area contributed by atoms with E-state index in [9.17, 15) is 22.1 Å². The van der Waals surface area contributed by atoms with Crippen molar-refractivity contribution < 1.29 is 22.1 Å². The molecule has 0 radical (unpaired) electrons. The van der Waals surface area contributed by atoms with E-state index in [1.54, 1.807) is 0 Å². The van der Waals surface area contributed by atoms with Gasteiger partial charge in [0.05, 0.1) is 0 Å². The molecule has 2 nitrogen and oxygen atoms in total. The Balaban J connectivity index is 3.20. The zero-order valence-corrected chi connectivity index (χ0v) is 7.10. The predicted molar refractivity (Wildman–Crippen MR) is 42.9 cm³/mol. The summed E-state index contributed by atoms with van der Waals surface area (Å²) in [5.74, 6) is -1.95. The van der Waals surface area contributed by atoms with Crippen molar-refractivity contribution in [3.8, 4) is 0 Å². The van der Waals surface area contributed by atoms with Crippen LogP contribution in [0.4, 0.5) is 17.3 Å². The maximum atomic E-state index is 12.9. The fourth-order valence-corrected chi connectivity index (χ4v) is 0.891. The van der Waals surface area contributed by atoms with E-state index in [4.69, 9.17) is 0 Å². The minimum Gasteiger partial charge on any atom is -0.445 e. The van der Waals surface area contributed by atoms with Gasteiger partial charge in [-0.15, -0.1) is 0 Å². The lowest BCUT2D eigenvalue weighted by Gasteiger charge is -2.14. The van der Waals surface area contributed by atoms with Crippen molar-refractivity contribution in [2.45, 2.75) is 6.92 Å². The van der Waals surface area contributed by atoms with E-state index in [0.29, 0.717) is 6.20 Å². The smallest absolute Gasteiger partial charge is 0.445 e. The Bertz CT molecular complexity index is 376. The van der Waals surface area contributed by atoms with Crippen LogP contribution in [0.1, 0.15) is 17.4 Å². The standard InChI is InChI=1S/C7H5BF4NO/c1-4(14)7-6(9)2-5(3-13-7)8(10,11)12/h2-3H,1H3/q-1. The lowest BCUT2D eigenvalue weighted by Crippen LogP contribution is -2.35. The van der Waals surface area contributed by atoms with Crippen molar-refractivity contribution in [1.29, 1.82) is 0 Å².